The maximum Gasteiger partial charge on any atom is 0.325 e. The molecule has 0 saturated heterocycles. The van der Waals surface area contributed by atoms with E-state index in [1.54, 1.807) is 23.6 Å². The molecule has 0 aromatic heterocycles. The average Bonchev–Trinajstić information content (AvgIpc) is 2.88. The normalized spacial score (nSPS) is 16.7. The number of nitrogens with zero attached hydrogens (tertiary/aromatic N) is 1. The van der Waals surface area contributed by atoms with Crippen molar-refractivity contribution in [2.45, 2.75) is 43.4 Å². The first-order valence-electron chi connectivity index (χ1n) is 7.23. The number of hydrogen-bond donors (Lipinski definition) is 0. The van der Waals surface area contributed by atoms with E-state index in [2.05, 4.69) is 6.07 Å². The smallest absolute Gasteiger partial charge is 0.325 e. The summed E-state index contributed by atoms with van der Waals surface area (Å²) >= 11 is 1.59. The molecule has 1 amide bonds. The van der Waals surface area contributed by atoms with E-state index < -0.39 is 0 Å². The Hall–Kier alpha value is -1.49. The molecule has 2 rings (SSSR count). The first kappa shape index (κ1) is 15.9. The SMILES string of the molecule is CCOC(=O)CN(C(=O)C1Cc2ccccc2S1)C(C)C. The van der Waals surface area contributed by atoms with Gasteiger partial charge in [0, 0.05) is 10.9 Å². The summed E-state index contributed by atoms with van der Waals surface area (Å²) in [7, 11) is 0. The highest BCUT2D eigenvalue weighted by molar-refractivity contribution is 8.01. The number of hydrogen-bond acceptors (Lipinski definition) is 4. The van der Waals surface area contributed by atoms with Crippen molar-refractivity contribution in [3.63, 3.8) is 0 Å². The second-order valence-corrected chi connectivity index (χ2v) is 6.53. The summed E-state index contributed by atoms with van der Waals surface area (Å²) in [6.45, 7) is 5.97. The zero-order chi connectivity index (χ0) is 15.4. The van der Waals surface area contributed by atoms with Gasteiger partial charge in [0.1, 0.15) is 6.54 Å². The Bertz CT molecular complexity index is 505. The Morgan fingerprint density at radius 2 is 2.10 bits per heavy atom. The quantitative estimate of drug-likeness (QED) is 0.784. The molecule has 1 aliphatic heterocycles. The van der Waals surface area contributed by atoms with Gasteiger partial charge >= 0.3 is 5.97 Å². The van der Waals surface area contributed by atoms with Crippen molar-refractivity contribution < 1.29 is 14.3 Å². The molecule has 0 saturated carbocycles. The predicted octanol–water partition coefficient (Wildman–Crippen LogP) is 2.50. The standard InChI is InChI=1S/C16H21NO3S/c1-4-20-15(18)10-17(11(2)3)16(19)14-9-12-7-5-6-8-13(12)21-14/h5-8,11,14H,4,9-10H2,1-3H3. The molecule has 1 aromatic rings. The number of amides is 1. The summed E-state index contributed by atoms with van der Waals surface area (Å²) in [6, 6.07) is 8.05. The zero-order valence-corrected chi connectivity index (χ0v) is 13.5. The lowest BCUT2D eigenvalue weighted by molar-refractivity contribution is -0.149. The largest absolute Gasteiger partial charge is 0.465 e. The summed E-state index contributed by atoms with van der Waals surface area (Å²) in [6.07, 6.45) is 0.728. The van der Waals surface area contributed by atoms with Crippen molar-refractivity contribution in [3.8, 4) is 0 Å². The Balaban J connectivity index is 2.05. The van der Waals surface area contributed by atoms with Crippen LogP contribution < -0.4 is 0 Å². The summed E-state index contributed by atoms with van der Waals surface area (Å²) in [4.78, 5) is 27.1. The third-order valence-corrected chi connectivity index (χ3v) is 4.74. The molecule has 0 spiro atoms. The van der Waals surface area contributed by atoms with Crippen molar-refractivity contribution in [1.82, 2.24) is 4.90 Å². The number of thioether (sulfide) groups is 1. The third kappa shape index (κ3) is 3.79. The van der Waals surface area contributed by atoms with Crippen LogP contribution in [0.15, 0.2) is 29.2 Å². The van der Waals surface area contributed by atoms with Gasteiger partial charge in [-0.1, -0.05) is 18.2 Å². The summed E-state index contributed by atoms with van der Waals surface area (Å²) in [5.41, 5.74) is 1.21. The topological polar surface area (TPSA) is 46.6 Å². The molecule has 0 fully saturated rings. The monoisotopic (exact) mass is 307 g/mol. The molecular formula is C16H21NO3S. The number of esters is 1. The molecule has 5 heteroatoms. The van der Waals surface area contributed by atoms with Crippen LogP contribution in [0.3, 0.4) is 0 Å². The number of carbonyl (C=O) groups excluding carboxylic acids is 2. The molecule has 0 bridgehead atoms. The second kappa shape index (κ2) is 6.98. The molecule has 4 nitrogen and oxygen atoms in total. The van der Waals surface area contributed by atoms with Crippen LogP contribution in [-0.4, -0.2) is 41.2 Å². The Labute approximate surface area is 129 Å². The number of fused-ring (bicyclic) bond motifs is 1. The molecule has 1 atom stereocenters. The van der Waals surface area contributed by atoms with Gasteiger partial charge in [-0.2, -0.15) is 0 Å². The third-order valence-electron chi connectivity index (χ3n) is 3.43. The van der Waals surface area contributed by atoms with E-state index in [1.165, 1.54) is 5.56 Å². The van der Waals surface area contributed by atoms with E-state index in [0.29, 0.717) is 6.61 Å². The van der Waals surface area contributed by atoms with E-state index in [-0.39, 0.29) is 29.7 Å². The fourth-order valence-electron chi connectivity index (χ4n) is 2.37. The molecular weight excluding hydrogens is 286 g/mol. The zero-order valence-electron chi connectivity index (χ0n) is 12.7. The van der Waals surface area contributed by atoms with Gasteiger partial charge in [-0.3, -0.25) is 9.59 Å². The molecule has 114 valence electrons. The Morgan fingerprint density at radius 3 is 2.71 bits per heavy atom. The maximum absolute atomic E-state index is 12.7. The van der Waals surface area contributed by atoms with Gasteiger partial charge in [-0.25, -0.2) is 0 Å². The first-order valence-corrected chi connectivity index (χ1v) is 8.11. The number of rotatable bonds is 5. The van der Waals surface area contributed by atoms with Crippen molar-refractivity contribution in [3.05, 3.63) is 29.8 Å². The minimum Gasteiger partial charge on any atom is -0.465 e. The van der Waals surface area contributed by atoms with Crippen LogP contribution in [0.25, 0.3) is 0 Å². The molecule has 1 unspecified atom stereocenters. The predicted molar refractivity (Wildman–Crippen MR) is 83.3 cm³/mol. The van der Waals surface area contributed by atoms with Crippen LogP contribution in [0.2, 0.25) is 0 Å². The van der Waals surface area contributed by atoms with Crippen molar-refractivity contribution >= 4 is 23.6 Å². The van der Waals surface area contributed by atoms with Gasteiger partial charge in [-0.15, -0.1) is 11.8 Å². The van der Waals surface area contributed by atoms with E-state index in [1.807, 2.05) is 32.0 Å². The average molecular weight is 307 g/mol. The number of ether oxygens (including phenoxy) is 1. The highest BCUT2D eigenvalue weighted by atomic mass is 32.2. The van der Waals surface area contributed by atoms with Crippen molar-refractivity contribution in [1.29, 1.82) is 0 Å². The molecule has 0 aliphatic carbocycles. The minimum absolute atomic E-state index is 0.0132. The van der Waals surface area contributed by atoms with Crippen LogP contribution >= 0.6 is 11.8 Å². The van der Waals surface area contributed by atoms with Gasteiger partial charge in [0.2, 0.25) is 5.91 Å². The van der Waals surface area contributed by atoms with Crippen LogP contribution in [0.5, 0.6) is 0 Å². The van der Waals surface area contributed by atoms with Gasteiger partial charge in [0.25, 0.3) is 0 Å². The van der Waals surface area contributed by atoms with Crippen molar-refractivity contribution in [2.24, 2.45) is 0 Å². The summed E-state index contributed by atoms with van der Waals surface area (Å²) in [5, 5.41) is -0.140. The Morgan fingerprint density at radius 1 is 1.38 bits per heavy atom. The number of benzene rings is 1. The maximum atomic E-state index is 12.7. The van der Waals surface area contributed by atoms with E-state index >= 15 is 0 Å². The molecule has 0 radical (unpaired) electrons. The van der Waals surface area contributed by atoms with Crippen LogP contribution in [0.4, 0.5) is 0 Å². The fraction of sp³-hybridized carbons (Fsp3) is 0.500. The van der Waals surface area contributed by atoms with Crippen LogP contribution in [0, 0.1) is 0 Å². The summed E-state index contributed by atoms with van der Waals surface area (Å²) in [5.74, 6) is -0.334. The number of carbonyl (C=O) groups is 2. The molecule has 1 heterocycles. The van der Waals surface area contributed by atoms with E-state index in [9.17, 15) is 9.59 Å². The second-order valence-electron chi connectivity index (χ2n) is 5.28. The van der Waals surface area contributed by atoms with Gasteiger partial charge in [-0.05, 0) is 38.8 Å². The van der Waals surface area contributed by atoms with Crippen LogP contribution in [0.1, 0.15) is 26.3 Å². The highest BCUT2D eigenvalue weighted by Gasteiger charge is 2.33. The lowest BCUT2D eigenvalue weighted by Gasteiger charge is -2.28. The first-order chi connectivity index (χ1) is 10.0. The Kier molecular flexibility index (Phi) is 5.28. The van der Waals surface area contributed by atoms with Gasteiger partial charge in [0.15, 0.2) is 0 Å². The lowest BCUT2D eigenvalue weighted by Crippen LogP contribution is -2.45. The minimum atomic E-state index is -0.347. The summed E-state index contributed by atoms with van der Waals surface area (Å²) < 4.78 is 4.96. The van der Waals surface area contributed by atoms with E-state index in [0.717, 1.165) is 11.3 Å². The molecule has 0 N–H and O–H groups in total. The van der Waals surface area contributed by atoms with Gasteiger partial charge < -0.3 is 9.64 Å². The molecule has 1 aliphatic rings. The van der Waals surface area contributed by atoms with E-state index in [4.69, 9.17) is 4.74 Å². The van der Waals surface area contributed by atoms with Crippen LogP contribution in [-0.2, 0) is 20.7 Å². The lowest BCUT2D eigenvalue weighted by atomic mass is 10.1. The fourth-order valence-corrected chi connectivity index (χ4v) is 3.63. The van der Waals surface area contributed by atoms with Gasteiger partial charge in [0.05, 0.1) is 11.9 Å². The molecule has 1 aromatic carbocycles. The highest BCUT2D eigenvalue weighted by Crippen LogP contribution is 2.37. The molecule has 21 heavy (non-hydrogen) atoms. The van der Waals surface area contributed by atoms with Crippen molar-refractivity contribution in [2.75, 3.05) is 13.2 Å².